The number of fused-ring (bicyclic) bond motifs is 2. The van der Waals surface area contributed by atoms with E-state index in [0.717, 1.165) is 43.9 Å². The first-order chi connectivity index (χ1) is 13.2. The first-order valence-electron chi connectivity index (χ1n) is 8.84. The van der Waals surface area contributed by atoms with Crippen molar-refractivity contribution in [3.63, 3.8) is 0 Å². The van der Waals surface area contributed by atoms with Crippen molar-refractivity contribution in [2.45, 2.75) is 6.92 Å². The number of aryl methyl sites for hydroxylation is 1. The molecule has 1 aliphatic heterocycles. The van der Waals surface area contributed by atoms with Crippen molar-refractivity contribution in [1.29, 1.82) is 0 Å². The Morgan fingerprint density at radius 2 is 1.56 bits per heavy atom. The smallest absolute Gasteiger partial charge is 0.197 e. The third-order valence-electron chi connectivity index (χ3n) is 4.80. The van der Waals surface area contributed by atoms with Gasteiger partial charge in [-0.25, -0.2) is 9.98 Å². The van der Waals surface area contributed by atoms with Crippen molar-refractivity contribution in [3.05, 3.63) is 106 Å². The summed E-state index contributed by atoms with van der Waals surface area (Å²) in [6.45, 7) is 2.05. The Kier molecular flexibility index (Phi) is 3.44. The lowest BCUT2D eigenvalue weighted by atomic mass is 9.95. The van der Waals surface area contributed by atoms with Crippen LogP contribution < -0.4 is 10.7 Å². The molecule has 1 aromatic heterocycles. The summed E-state index contributed by atoms with van der Waals surface area (Å²) < 4.78 is 0. The molecule has 0 radical (unpaired) electrons. The zero-order chi connectivity index (χ0) is 18.4. The molecule has 0 unspecified atom stereocenters. The molecule has 0 spiro atoms. The lowest BCUT2D eigenvalue weighted by Crippen LogP contribution is -2.19. The van der Waals surface area contributed by atoms with Crippen LogP contribution in [0.25, 0.3) is 16.5 Å². The molecular weight excluding hydrogens is 334 g/mol. The number of aromatic hydroxyl groups is 1. The van der Waals surface area contributed by atoms with Crippen molar-refractivity contribution in [2.24, 2.45) is 9.98 Å². The molecule has 0 bridgehead atoms. The topological polar surface area (TPSA) is 60.7 Å². The number of hydrogen-bond acceptors (Lipinski definition) is 3. The second kappa shape index (κ2) is 5.95. The Labute approximate surface area is 155 Å². The number of aromatic amines is 1. The molecule has 2 heterocycles. The minimum Gasteiger partial charge on any atom is -0.494 e. The van der Waals surface area contributed by atoms with E-state index in [4.69, 9.17) is 9.98 Å². The van der Waals surface area contributed by atoms with Crippen molar-refractivity contribution < 1.29 is 5.11 Å². The number of benzene rings is 3. The van der Waals surface area contributed by atoms with Crippen LogP contribution in [0.2, 0.25) is 0 Å². The minimum atomic E-state index is 0.126. The van der Waals surface area contributed by atoms with Crippen LogP contribution in [0.15, 0.2) is 88.6 Å². The molecular formula is C23H17N3O. The number of nitrogens with one attached hydrogen (secondary N) is 1. The Morgan fingerprint density at radius 3 is 2.30 bits per heavy atom. The maximum Gasteiger partial charge on any atom is 0.197 e. The van der Waals surface area contributed by atoms with Gasteiger partial charge in [0, 0.05) is 16.5 Å². The van der Waals surface area contributed by atoms with Gasteiger partial charge in [0.15, 0.2) is 11.7 Å². The fourth-order valence-corrected chi connectivity index (χ4v) is 3.58. The van der Waals surface area contributed by atoms with E-state index >= 15 is 0 Å². The fraction of sp³-hybridized carbons (Fsp3) is 0.0435. The molecule has 0 atom stereocenters. The average molecular weight is 351 g/mol. The van der Waals surface area contributed by atoms with Gasteiger partial charge in [0.05, 0.1) is 16.3 Å². The standard InChI is InChI=1S/C23H17N3O/c1-14-7-6-8-15(13-14)20(22-24-18-11-4-5-12-19(18)25-22)21-16-9-2-3-10-17(16)26-23(21)27/h2-13,26-27H,1H3. The maximum atomic E-state index is 10.7. The fourth-order valence-electron chi connectivity index (χ4n) is 3.58. The van der Waals surface area contributed by atoms with E-state index in [1.165, 1.54) is 0 Å². The first kappa shape index (κ1) is 15.6. The molecule has 4 heteroatoms. The molecule has 3 aromatic carbocycles. The van der Waals surface area contributed by atoms with E-state index < -0.39 is 0 Å². The molecule has 130 valence electrons. The Balaban J connectivity index is 1.90. The van der Waals surface area contributed by atoms with E-state index in [1.54, 1.807) is 0 Å². The number of hydrogen-bond donors (Lipinski definition) is 2. The quantitative estimate of drug-likeness (QED) is 0.566. The highest BCUT2D eigenvalue weighted by molar-refractivity contribution is 6.00. The molecule has 0 fully saturated rings. The highest BCUT2D eigenvalue weighted by Crippen LogP contribution is 2.39. The summed E-state index contributed by atoms with van der Waals surface area (Å²) in [4.78, 5) is 12.6. The van der Waals surface area contributed by atoms with E-state index in [-0.39, 0.29) is 5.88 Å². The summed E-state index contributed by atoms with van der Waals surface area (Å²) in [5, 5.41) is 13.4. The third-order valence-corrected chi connectivity index (χ3v) is 4.80. The van der Waals surface area contributed by atoms with E-state index in [0.29, 0.717) is 5.82 Å². The summed E-state index contributed by atoms with van der Waals surface area (Å²) in [6, 6.07) is 23.9. The predicted octanol–water partition coefficient (Wildman–Crippen LogP) is 3.85. The van der Waals surface area contributed by atoms with Crippen LogP contribution in [0, 0.1) is 6.92 Å². The first-order valence-corrected chi connectivity index (χ1v) is 8.84. The summed E-state index contributed by atoms with van der Waals surface area (Å²) in [6.07, 6.45) is 0. The average Bonchev–Trinajstić information content (AvgIpc) is 3.23. The largest absolute Gasteiger partial charge is 0.494 e. The minimum absolute atomic E-state index is 0.126. The Bertz CT molecular complexity index is 1310. The van der Waals surface area contributed by atoms with Gasteiger partial charge < -0.3 is 10.1 Å². The number of rotatable bonds is 2. The van der Waals surface area contributed by atoms with Gasteiger partial charge in [-0.15, -0.1) is 0 Å². The monoisotopic (exact) mass is 351 g/mol. The molecule has 2 N–H and O–H groups in total. The van der Waals surface area contributed by atoms with Crippen molar-refractivity contribution >= 4 is 16.5 Å². The number of para-hydroxylation sites is 3. The van der Waals surface area contributed by atoms with Crippen LogP contribution >= 0.6 is 0 Å². The molecule has 0 saturated carbocycles. The Morgan fingerprint density at radius 1 is 0.852 bits per heavy atom. The van der Waals surface area contributed by atoms with Gasteiger partial charge in [0.25, 0.3) is 0 Å². The highest BCUT2D eigenvalue weighted by Gasteiger charge is 2.21. The molecule has 4 nitrogen and oxygen atoms in total. The highest BCUT2D eigenvalue weighted by atomic mass is 16.3. The number of aromatic nitrogens is 1. The molecule has 1 aliphatic rings. The molecule has 0 saturated heterocycles. The van der Waals surface area contributed by atoms with Crippen LogP contribution in [0.5, 0.6) is 5.88 Å². The van der Waals surface area contributed by atoms with Crippen molar-refractivity contribution in [3.8, 4) is 5.88 Å². The molecule has 4 aromatic rings. The van der Waals surface area contributed by atoms with Crippen LogP contribution in [0.1, 0.15) is 16.7 Å². The van der Waals surface area contributed by atoms with Gasteiger partial charge in [-0.05, 0) is 30.7 Å². The van der Waals surface area contributed by atoms with E-state index in [9.17, 15) is 5.11 Å². The van der Waals surface area contributed by atoms with Gasteiger partial charge in [-0.3, -0.25) is 0 Å². The van der Waals surface area contributed by atoms with Gasteiger partial charge in [0.1, 0.15) is 0 Å². The SMILES string of the molecule is Cc1cccc(C(=C2N=c3ccccc3=N2)c2c(O)[nH]c3ccccc23)c1. The van der Waals surface area contributed by atoms with Crippen molar-refractivity contribution in [1.82, 2.24) is 4.98 Å². The van der Waals surface area contributed by atoms with Crippen LogP contribution in [-0.2, 0) is 0 Å². The van der Waals surface area contributed by atoms with E-state index in [1.807, 2.05) is 60.7 Å². The van der Waals surface area contributed by atoms with Gasteiger partial charge in [-0.1, -0.05) is 60.2 Å². The second-order valence-corrected chi connectivity index (χ2v) is 6.67. The number of H-pyrrole nitrogens is 1. The van der Waals surface area contributed by atoms with Crippen molar-refractivity contribution in [2.75, 3.05) is 0 Å². The van der Waals surface area contributed by atoms with Gasteiger partial charge >= 0.3 is 0 Å². The zero-order valence-corrected chi connectivity index (χ0v) is 14.8. The molecule has 0 amide bonds. The van der Waals surface area contributed by atoms with Crippen LogP contribution in [0.3, 0.4) is 0 Å². The third kappa shape index (κ3) is 2.54. The zero-order valence-electron chi connectivity index (χ0n) is 14.8. The van der Waals surface area contributed by atoms with E-state index in [2.05, 4.69) is 24.0 Å². The number of nitrogens with zero attached hydrogens (tertiary/aromatic N) is 2. The second-order valence-electron chi connectivity index (χ2n) is 6.67. The summed E-state index contributed by atoms with van der Waals surface area (Å²) in [7, 11) is 0. The molecule has 5 rings (SSSR count). The summed E-state index contributed by atoms with van der Waals surface area (Å²) in [5.41, 5.74) is 4.55. The van der Waals surface area contributed by atoms with Crippen LogP contribution in [-0.4, -0.2) is 10.1 Å². The van der Waals surface area contributed by atoms with Crippen LogP contribution in [0.4, 0.5) is 0 Å². The summed E-state index contributed by atoms with van der Waals surface area (Å²) in [5.74, 6) is 0.739. The van der Waals surface area contributed by atoms with Gasteiger partial charge in [0.2, 0.25) is 0 Å². The Hall–Kier alpha value is -3.66. The summed E-state index contributed by atoms with van der Waals surface area (Å²) >= 11 is 0. The lowest BCUT2D eigenvalue weighted by molar-refractivity contribution is 0.457. The van der Waals surface area contributed by atoms with Gasteiger partial charge in [-0.2, -0.15) is 0 Å². The lowest BCUT2D eigenvalue weighted by Gasteiger charge is -2.10. The maximum absolute atomic E-state index is 10.7. The molecule has 27 heavy (non-hydrogen) atoms. The molecule has 0 aliphatic carbocycles. The predicted molar refractivity (Wildman–Crippen MR) is 106 cm³/mol. The normalized spacial score (nSPS) is 12.6.